The highest BCUT2D eigenvalue weighted by molar-refractivity contribution is 5.93. The Balaban J connectivity index is 1.72. The molecule has 0 spiro atoms. The van der Waals surface area contributed by atoms with Crippen LogP contribution < -0.4 is 5.32 Å². The van der Waals surface area contributed by atoms with Crippen LogP contribution in [0.2, 0.25) is 0 Å². The van der Waals surface area contributed by atoms with Crippen LogP contribution in [0.3, 0.4) is 0 Å². The van der Waals surface area contributed by atoms with Crippen molar-refractivity contribution in [3.05, 3.63) is 24.0 Å². The van der Waals surface area contributed by atoms with Gasteiger partial charge in [0.15, 0.2) is 0 Å². The fraction of sp³-hybridized carbons (Fsp3) is 0.600. The number of nitrogens with zero attached hydrogens (tertiary/aromatic N) is 2. The molecule has 1 saturated heterocycles. The van der Waals surface area contributed by atoms with Gasteiger partial charge in [-0.2, -0.15) is 0 Å². The van der Waals surface area contributed by atoms with E-state index in [9.17, 15) is 4.79 Å². The van der Waals surface area contributed by atoms with Gasteiger partial charge in [0, 0.05) is 31.5 Å². The van der Waals surface area contributed by atoms with Crippen LogP contribution >= 0.6 is 0 Å². The van der Waals surface area contributed by atoms with Gasteiger partial charge in [-0.25, -0.2) is 0 Å². The monoisotopic (exact) mass is 259 g/mol. The molecule has 1 saturated carbocycles. The molecule has 0 bridgehead atoms. The standard InChI is InChI=1S/C15H21N3O/c1-2-16-13-6-7-17-14(8-13)15(19)18-9-11-4-3-5-12(11)10-18/h6-8,11-12H,2-5,9-10H2,1H3,(H,16,17). The molecule has 102 valence electrons. The van der Waals surface area contributed by atoms with Gasteiger partial charge < -0.3 is 10.2 Å². The lowest BCUT2D eigenvalue weighted by Crippen LogP contribution is -2.30. The van der Waals surface area contributed by atoms with Gasteiger partial charge in [0.25, 0.3) is 5.91 Å². The number of fused-ring (bicyclic) bond motifs is 1. The van der Waals surface area contributed by atoms with Crippen molar-refractivity contribution in [1.82, 2.24) is 9.88 Å². The summed E-state index contributed by atoms with van der Waals surface area (Å²) in [6.07, 6.45) is 5.63. The number of likely N-dealkylation sites (tertiary alicyclic amines) is 1. The second kappa shape index (κ2) is 5.19. The van der Waals surface area contributed by atoms with Crippen molar-refractivity contribution >= 4 is 11.6 Å². The molecule has 0 radical (unpaired) electrons. The fourth-order valence-electron chi connectivity index (χ4n) is 3.42. The first-order valence-electron chi connectivity index (χ1n) is 7.27. The molecule has 2 atom stereocenters. The zero-order valence-electron chi connectivity index (χ0n) is 11.4. The third kappa shape index (κ3) is 2.44. The molecule has 2 aliphatic rings. The van der Waals surface area contributed by atoms with Gasteiger partial charge in [-0.1, -0.05) is 6.42 Å². The maximum atomic E-state index is 12.5. The van der Waals surface area contributed by atoms with E-state index in [1.807, 2.05) is 24.0 Å². The summed E-state index contributed by atoms with van der Waals surface area (Å²) in [5.41, 5.74) is 1.54. The van der Waals surface area contributed by atoms with Crippen LogP contribution in [0.1, 0.15) is 36.7 Å². The number of aromatic nitrogens is 1. The normalized spacial score (nSPS) is 25.4. The molecular weight excluding hydrogens is 238 g/mol. The van der Waals surface area contributed by atoms with E-state index >= 15 is 0 Å². The summed E-state index contributed by atoms with van der Waals surface area (Å²) in [6.45, 7) is 4.75. The number of hydrogen-bond donors (Lipinski definition) is 1. The van der Waals surface area contributed by atoms with Crippen molar-refractivity contribution in [3.63, 3.8) is 0 Å². The van der Waals surface area contributed by atoms with Gasteiger partial charge in [-0.05, 0) is 43.7 Å². The average Bonchev–Trinajstić information content (AvgIpc) is 2.99. The number of carbonyl (C=O) groups excluding carboxylic acids is 1. The smallest absolute Gasteiger partial charge is 0.272 e. The zero-order chi connectivity index (χ0) is 13.2. The zero-order valence-corrected chi connectivity index (χ0v) is 11.4. The van der Waals surface area contributed by atoms with Crippen LogP contribution in [0.5, 0.6) is 0 Å². The molecule has 19 heavy (non-hydrogen) atoms. The Labute approximate surface area is 114 Å². The molecule has 1 aliphatic heterocycles. The lowest BCUT2D eigenvalue weighted by Gasteiger charge is -2.17. The van der Waals surface area contributed by atoms with Crippen LogP contribution in [0.25, 0.3) is 0 Å². The molecule has 1 amide bonds. The lowest BCUT2D eigenvalue weighted by atomic mass is 10.0. The van der Waals surface area contributed by atoms with Crippen molar-refractivity contribution in [2.75, 3.05) is 25.0 Å². The third-order valence-electron chi connectivity index (χ3n) is 4.37. The van der Waals surface area contributed by atoms with Crippen LogP contribution in [-0.2, 0) is 0 Å². The number of hydrogen-bond acceptors (Lipinski definition) is 3. The van der Waals surface area contributed by atoms with Crippen molar-refractivity contribution in [2.45, 2.75) is 26.2 Å². The predicted octanol–water partition coefficient (Wildman–Crippen LogP) is 2.39. The molecular formula is C15H21N3O. The maximum Gasteiger partial charge on any atom is 0.272 e. The molecule has 0 aromatic carbocycles. The first kappa shape index (κ1) is 12.5. The van der Waals surface area contributed by atoms with Crippen molar-refractivity contribution in [2.24, 2.45) is 11.8 Å². The summed E-state index contributed by atoms with van der Waals surface area (Å²) in [7, 11) is 0. The summed E-state index contributed by atoms with van der Waals surface area (Å²) in [5.74, 6) is 1.57. The minimum Gasteiger partial charge on any atom is -0.385 e. The highest BCUT2D eigenvalue weighted by Crippen LogP contribution is 2.38. The van der Waals surface area contributed by atoms with Gasteiger partial charge in [0.2, 0.25) is 0 Å². The molecule has 2 fully saturated rings. The lowest BCUT2D eigenvalue weighted by molar-refractivity contribution is 0.0775. The van der Waals surface area contributed by atoms with E-state index in [4.69, 9.17) is 0 Å². The second-order valence-electron chi connectivity index (χ2n) is 5.62. The number of anilines is 1. The number of pyridine rings is 1. The summed E-state index contributed by atoms with van der Waals surface area (Å²) in [4.78, 5) is 18.7. The van der Waals surface area contributed by atoms with Gasteiger partial charge in [0.05, 0.1) is 0 Å². The van der Waals surface area contributed by atoms with Crippen LogP contribution in [0.15, 0.2) is 18.3 Å². The molecule has 2 unspecified atom stereocenters. The van der Waals surface area contributed by atoms with E-state index in [1.165, 1.54) is 19.3 Å². The number of nitrogens with one attached hydrogen (secondary N) is 1. The van der Waals surface area contributed by atoms with E-state index < -0.39 is 0 Å². The first-order valence-corrected chi connectivity index (χ1v) is 7.27. The Morgan fingerprint density at radius 2 is 2.16 bits per heavy atom. The Morgan fingerprint density at radius 1 is 1.42 bits per heavy atom. The Hall–Kier alpha value is -1.58. The van der Waals surface area contributed by atoms with Crippen molar-refractivity contribution in [3.8, 4) is 0 Å². The van der Waals surface area contributed by atoms with Gasteiger partial charge in [-0.15, -0.1) is 0 Å². The van der Waals surface area contributed by atoms with Crippen molar-refractivity contribution < 1.29 is 4.79 Å². The number of rotatable bonds is 3. The Morgan fingerprint density at radius 3 is 2.84 bits per heavy atom. The maximum absolute atomic E-state index is 12.5. The third-order valence-corrected chi connectivity index (χ3v) is 4.37. The van der Waals surface area contributed by atoms with Gasteiger partial charge in [-0.3, -0.25) is 9.78 Å². The second-order valence-corrected chi connectivity index (χ2v) is 5.62. The van der Waals surface area contributed by atoms with Crippen LogP contribution in [-0.4, -0.2) is 35.4 Å². The van der Waals surface area contributed by atoms with E-state index in [0.717, 1.165) is 37.2 Å². The molecule has 1 N–H and O–H groups in total. The van der Waals surface area contributed by atoms with E-state index in [0.29, 0.717) is 5.69 Å². The molecule has 4 heteroatoms. The predicted molar refractivity (Wildman–Crippen MR) is 75.1 cm³/mol. The highest BCUT2D eigenvalue weighted by atomic mass is 16.2. The fourth-order valence-corrected chi connectivity index (χ4v) is 3.42. The largest absolute Gasteiger partial charge is 0.385 e. The topological polar surface area (TPSA) is 45.2 Å². The summed E-state index contributed by atoms with van der Waals surface area (Å²) < 4.78 is 0. The molecule has 1 aliphatic carbocycles. The first-order chi connectivity index (χ1) is 9.28. The summed E-state index contributed by atoms with van der Waals surface area (Å²) in [6, 6.07) is 3.76. The van der Waals surface area contributed by atoms with Crippen LogP contribution in [0.4, 0.5) is 5.69 Å². The van der Waals surface area contributed by atoms with Gasteiger partial charge in [0.1, 0.15) is 5.69 Å². The number of amides is 1. The minimum atomic E-state index is 0.0918. The summed E-state index contributed by atoms with van der Waals surface area (Å²) >= 11 is 0. The Bertz CT molecular complexity index is 462. The van der Waals surface area contributed by atoms with Crippen LogP contribution in [0, 0.1) is 11.8 Å². The molecule has 4 nitrogen and oxygen atoms in total. The van der Waals surface area contributed by atoms with E-state index in [1.54, 1.807) is 6.20 Å². The molecule has 1 aromatic rings. The van der Waals surface area contributed by atoms with E-state index in [2.05, 4.69) is 10.3 Å². The quantitative estimate of drug-likeness (QED) is 0.906. The number of carbonyl (C=O) groups is 1. The molecule has 2 heterocycles. The highest BCUT2D eigenvalue weighted by Gasteiger charge is 2.38. The summed E-state index contributed by atoms with van der Waals surface area (Å²) in [5, 5.41) is 3.22. The molecule has 1 aromatic heterocycles. The SMILES string of the molecule is CCNc1ccnc(C(=O)N2CC3CCCC3C2)c1. The van der Waals surface area contributed by atoms with Gasteiger partial charge >= 0.3 is 0 Å². The Kier molecular flexibility index (Phi) is 3.40. The van der Waals surface area contributed by atoms with Crippen molar-refractivity contribution in [1.29, 1.82) is 0 Å². The van der Waals surface area contributed by atoms with E-state index in [-0.39, 0.29) is 5.91 Å². The molecule has 3 rings (SSSR count). The minimum absolute atomic E-state index is 0.0918. The average molecular weight is 259 g/mol.